The van der Waals surface area contributed by atoms with E-state index in [-0.39, 0.29) is 17.9 Å². The highest BCUT2D eigenvalue weighted by Crippen LogP contribution is 2.18. The lowest BCUT2D eigenvalue weighted by atomic mass is 10.1. The first kappa shape index (κ1) is 13.2. The van der Waals surface area contributed by atoms with Gasteiger partial charge in [-0.3, -0.25) is 0 Å². The summed E-state index contributed by atoms with van der Waals surface area (Å²) in [5.41, 5.74) is 0.891. The second-order valence-corrected chi connectivity index (χ2v) is 3.81. The maximum absolute atomic E-state index is 12.8. The van der Waals surface area contributed by atoms with Crippen molar-refractivity contribution in [2.24, 2.45) is 0 Å². The van der Waals surface area contributed by atoms with Crippen molar-refractivity contribution < 1.29 is 9.18 Å². The number of carbonyl (C=O) groups excluding carboxylic acids is 1. The molecule has 1 N–H and O–H groups in total. The minimum atomic E-state index is -0.278. The maximum Gasteiger partial charge on any atom is 0.317 e. The Balaban J connectivity index is 2.68. The minimum absolute atomic E-state index is 0.111. The van der Waals surface area contributed by atoms with Crippen molar-refractivity contribution in [2.75, 3.05) is 13.6 Å². The highest BCUT2D eigenvalue weighted by Gasteiger charge is 2.16. The average molecular weight is 236 g/mol. The Morgan fingerprint density at radius 1 is 1.53 bits per heavy atom. The number of urea groups is 1. The predicted octanol–water partition coefficient (Wildman–Crippen LogP) is 2.71. The van der Waals surface area contributed by atoms with Crippen LogP contribution in [0.25, 0.3) is 0 Å². The van der Waals surface area contributed by atoms with Gasteiger partial charge in [0.1, 0.15) is 5.82 Å². The molecule has 3 nitrogen and oxygen atoms in total. The summed E-state index contributed by atoms with van der Waals surface area (Å²) in [6, 6.07) is 5.85. The summed E-state index contributed by atoms with van der Waals surface area (Å²) in [6.45, 7) is 5.85. The van der Waals surface area contributed by atoms with E-state index in [1.54, 1.807) is 30.2 Å². The van der Waals surface area contributed by atoms with Crippen LogP contribution in [0.5, 0.6) is 0 Å². The van der Waals surface area contributed by atoms with Crippen molar-refractivity contribution in [3.8, 4) is 0 Å². The number of nitrogens with one attached hydrogen (secondary N) is 1. The Bertz CT molecular complexity index is 389. The lowest BCUT2D eigenvalue weighted by molar-refractivity contribution is 0.195. The second-order valence-electron chi connectivity index (χ2n) is 3.81. The number of rotatable bonds is 4. The van der Waals surface area contributed by atoms with Crippen LogP contribution in [0.4, 0.5) is 9.18 Å². The molecule has 1 atom stereocenters. The minimum Gasteiger partial charge on any atom is -0.335 e. The van der Waals surface area contributed by atoms with Gasteiger partial charge < -0.3 is 10.2 Å². The highest BCUT2D eigenvalue weighted by atomic mass is 19.1. The van der Waals surface area contributed by atoms with Gasteiger partial charge in [-0.05, 0) is 24.6 Å². The van der Waals surface area contributed by atoms with Gasteiger partial charge in [-0.2, -0.15) is 0 Å². The van der Waals surface area contributed by atoms with E-state index in [0.717, 1.165) is 5.56 Å². The summed E-state index contributed by atoms with van der Waals surface area (Å²) < 4.78 is 12.8. The SMILES string of the molecule is C=CCNC(=O)N(C)C(C)c1ccc(F)cc1. The summed E-state index contributed by atoms with van der Waals surface area (Å²) in [6.07, 6.45) is 1.62. The van der Waals surface area contributed by atoms with Crippen LogP contribution >= 0.6 is 0 Å². The molecule has 0 spiro atoms. The molecular formula is C13H17FN2O. The molecule has 1 aromatic rings. The molecule has 0 heterocycles. The largest absolute Gasteiger partial charge is 0.335 e. The predicted molar refractivity (Wildman–Crippen MR) is 66.2 cm³/mol. The Morgan fingerprint density at radius 3 is 2.65 bits per heavy atom. The summed E-state index contributed by atoms with van der Waals surface area (Å²) >= 11 is 0. The molecule has 1 rings (SSSR count). The summed E-state index contributed by atoms with van der Waals surface area (Å²) in [5, 5.41) is 2.69. The van der Waals surface area contributed by atoms with Gasteiger partial charge in [0.25, 0.3) is 0 Å². The third-order valence-corrected chi connectivity index (χ3v) is 2.65. The Hall–Kier alpha value is -1.84. The fraction of sp³-hybridized carbons (Fsp3) is 0.308. The molecule has 0 radical (unpaired) electrons. The molecule has 0 aliphatic carbocycles. The quantitative estimate of drug-likeness (QED) is 0.801. The summed E-state index contributed by atoms with van der Waals surface area (Å²) in [7, 11) is 1.70. The molecule has 1 unspecified atom stereocenters. The fourth-order valence-corrected chi connectivity index (χ4v) is 1.42. The summed E-state index contributed by atoms with van der Waals surface area (Å²) in [4.78, 5) is 13.2. The molecule has 0 bridgehead atoms. The second kappa shape index (κ2) is 6.03. The molecule has 0 saturated carbocycles. The van der Waals surface area contributed by atoms with Crippen LogP contribution in [-0.2, 0) is 0 Å². The lowest BCUT2D eigenvalue weighted by Gasteiger charge is -2.25. The standard InChI is InChI=1S/C13H17FN2O/c1-4-9-15-13(17)16(3)10(2)11-5-7-12(14)8-6-11/h4-8,10H,1,9H2,2-3H3,(H,15,17). The van der Waals surface area contributed by atoms with Gasteiger partial charge in [0, 0.05) is 13.6 Å². The van der Waals surface area contributed by atoms with Gasteiger partial charge >= 0.3 is 6.03 Å². The molecule has 92 valence electrons. The summed E-state index contributed by atoms with van der Waals surface area (Å²) in [5.74, 6) is -0.278. The Labute approximate surface area is 101 Å². The number of carbonyl (C=O) groups is 1. The molecule has 1 aromatic carbocycles. The third-order valence-electron chi connectivity index (χ3n) is 2.65. The first-order valence-corrected chi connectivity index (χ1v) is 5.43. The van der Waals surface area contributed by atoms with E-state index in [0.29, 0.717) is 6.54 Å². The molecule has 0 aromatic heterocycles. The van der Waals surface area contributed by atoms with Crippen LogP contribution < -0.4 is 5.32 Å². The molecule has 2 amide bonds. The van der Waals surface area contributed by atoms with Crippen LogP contribution in [0.3, 0.4) is 0 Å². The van der Waals surface area contributed by atoms with Gasteiger partial charge in [-0.15, -0.1) is 6.58 Å². The van der Waals surface area contributed by atoms with Crippen molar-refractivity contribution in [1.29, 1.82) is 0 Å². The van der Waals surface area contributed by atoms with Crippen LogP contribution in [0.2, 0.25) is 0 Å². The van der Waals surface area contributed by atoms with Crippen LogP contribution in [0, 0.1) is 5.82 Å². The number of nitrogens with zero attached hydrogens (tertiary/aromatic N) is 1. The molecular weight excluding hydrogens is 219 g/mol. The first-order valence-electron chi connectivity index (χ1n) is 5.43. The fourth-order valence-electron chi connectivity index (χ4n) is 1.42. The van der Waals surface area contributed by atoms with Crippen molar-refractivity contribution in [3.63, 3.8) is 0 Å². The lowest BCUT2D eigenvalue weighted by Crippen LogP contribution is -2.38. The molecule has 0 aliphatic heterocycles. The van der Waals surface area contributed by atoms with Crippen LogP contribution in [-0.4, -0.2) is 24.5 Å². The van der Waals surface area contributed by atoms with E-state index in [4.69, 9.17) is 0 Å². The van der Waals surface area contributed by atoms with Crippen molar-refractivity contribution in [3.05, 3.63) is 48.3 Å². The van der Waals surface area contributed by atoms with Gasteiger partial charge in [0.05, 0.1) is 6.04 Å². The van der Waals surface area contributed by atoms with E-state index in [1.807, 2.05) is 6.92 Å². The van der Waals surface area contributed by atoms with Gasteiger partial charge in [0.15, 0.2) is 0 Å². The molecule has 4 heteroatoms. The average Bonchev–Trinajstić information content (AvgIpc) is 2.35. The molecule has 0 aliphatic rings. The third kappa shape index (κ3) is 3.59. The van der Waals surface area contributed by atoms with E-state index >= 15 is 0 Å². The van der Waals surface area contributed by atoms with Crippen molar-refractivity contribution >= 4 is 6.03 Å². The molecule has 17 heavy (non-hydrogen) atoms. The van der Waals surface area contributed by atoms with E-state index < -0.39 is 0 Å². The van der Waals surface area contributed by atoms with Gasteiger partial charge in [-0.1, -0.05) is 18.2 Å². The van der Waals surface area contributed by atoms with Crippen molar-refractivity contribution in [1.82, 2.24) is 10.2 Å². The molecule has 0 fully saturated rings. The molecule has 0 saturated heterocycles. The van der Waals surface area contributed by atoms with Gasteiger partial charge in [0.2, 0.25) is 0 Å². The topological polar surface area (TPSA) is 32.3 Å². The smallest absolute Gasteiger partial charge is 0.317 e. The van der Waals surface area contributed by atoms with E-state index in [9.17, 15) is 9.18 Å². The zero-order valence-corrected chi connectivity index (χ0v) is 10.1. The number of benzene rings is 1. The first-order chi connectivity index (χ1) is 8.06. The zero-order valence-electron chi connectivity index (χ0n) is 10.1. The number of hydrogen-bond donors (Lipinski definition) is 1. The monoisotopic (exact) mass is 236 g/mol. The Kier molecular flexibility index (Phi) is 4.69. The number of hydrogen-bond acceptors (Lipinski definition) is 1. The number of halogens is 1. The van der Waals surface area contributed by atoms with E-state index in [1.165, 1.54) is 12.1 Å². The van der Waals surface area contributed by atoms with E-state index in [2.05, 4.69) is 11.9 Å². The van der Waals surface area contributed by atoms with Crippen LogP contribution in [0.1, 0.15) is 18.5 Å². The number of amides is 2. The van der Waals surface area contributed by atoms with Crippen LogP contribution in [0.15, 0.2) is 36.9 Å². The maximum atomic E-state index is 12.8. The normalized spacial score (nSPS) is 11.7. The van der Waals surface area contributed by atoms with Crippen molar-refractivity contribution in [2.45, 2.75) is 13.0 Å². The van der Waals surface area contributed by atoms with Gasteiger partial charge in [-0.25, -0.2) is 9.18 Å². The highest BCUT2D eigenvalue weighted by molar-refractivity contribution is 5.74. The zero-order chi connectivity index (χ0) is 12.8. The Morgan fingerprint density at radius 2 is 2.12 bits per heavy atom.